The van der Waals surface area contributed by atoms with E-state index in [0.717, 1.165) is 27.1 Å². The largest absolute Gasteiger partial charge is 0.377 e. The molecule has 6 N–H and O–H groups in total. The average Bonchev–Trinajstić information content (AvgIpc) is 3.47. The SMILES string of the molecule is NC(=O)c1cnc2ccc(-c3ccc(C(=O)NCCCCCC(=O)CNc4cccc5c4C(=O)N(C4CCC(=O)NC4=O)C5=O)cc3)cc2c1Nc1ccccc1. The molecular formula is C43H39N7O7. The molecule has 1 aromatic heterocycles. The van der Waals surface area contributed by atoms with Crippen LogP contribution in [0.2, 0.25) is 0 Å². The van der Waals surface area contributed by atoms with Gasteiger partial charge in [-0.2, -0.15) is 0 Å². The van der Waals surface area contributed by atoms with E-state index in [0.29, 0.717) is 48.3 Å². The van der Waals surface area contributed by atoms with Gasteiger partial charge in [-0.1, -0.05) is 48.9 Å². The molecule has 6 amide bonds. The summed E-state index contributed by atoms with van der Waals surface area (Å²) in [7, 11) is 0. The van der Waals surface area contributed by atoms with Gasteiger partial charge in [0.15, 0.2) is 5.78 Å². The number of anilines is 3. The number of amides is 6. The third-order valence-corrected chi connectivity index (χ3v) is 10.0. The van der Waals surface area contributed by atoms with E-state index < -0.39 is 35.6 Å². The van der Waals surface area contributed by atoms with E-state index in [-0.39, 0.29) is 54.2 Å². The Hall–Kier alpha value is -7.22. The van der Waals surface area contributed by atoms with Crippen molar-refractivity contribution in [2.24, 2.45) is 5.73 Å². The van der Waals surface area contributed by atoms with Gasteiger partial charge in [-0.3, -0.25) is 48.8 Å². The second-order valence-corrected chi connectivity index (χ2v) is 13.8. The number of para-hydroxylation sites is 1. The van der Waals surface area contributed by atoms with Gasteiger partial charge >= 0.3 is 0 Å². The van der Waals surface area contributed by atoms with Crippen molar-refractivity contribution in [1.82, 2.24) is 20.5 Å². The molecule has 2 aliphatic heterocycles. The van der Waals surface area contributed by atoms with Crippen LogP contribution in [-0.4, -0.2) is 70.2 Å². The van der Waals surface area contributed by atoms with Crippen LogP contribution in [0, 0.1) is 0 Å². The first-order chi connectivity index (χ1) is 27.6. The molecule has 14 nitrogen and oxygen atoms in total. The van der Waals surface area contributed by atoms with Crippen molar-refractivity contribution >= 4 is 69.2 Å². The number of ketones is 1. The summed E-state index contributed by atoms with van der Waals surface area (Å²) in [6.45, 7) is 0.374. The number of Topliss-reactive ketones (excluding diaryl/α,β-unsaturated/α-hetero) is 1. The summed E-state index contributed by atoms with van der Waals surface area (Å²) in [5.74, 6) is -3.30. The third kappa shape index (κ3) is 8.25. The third-order valence-electron chi connectivity index (χ3n) is 10.0. The fourth-order valence-corrected chi connectivity index (χ4v) is 7.05. The van der Waals surface area contributed by atoms with E-state index >= 15 is 0 Å². The Kier molecular flexibility index (Phi) is 11.1. The number of nitrogens with one attached hydrogen (secondary N) is 4. The Labute approximate surface area is 327 Å². The predicted molar refractivity (Wildman–Crippen MR) is 213 cm³/mol. The van der Waals surface area contributed by atoms with Crippen LogP contribution in [0.3, 0.4) is 0 Å². The zero-order valence-corrected chi connectivity index (χ0v) is 30.8. The molecule has 57 heavy (non-hydrogen) atoms. The van der Waals surface area contributed by atoms with Crippen molar-refractivity contribution in [1.29, 1.82) is 0 Å². The van der Waals surface area contributed by atoms with Gasteiger partial charge in [0.1, 0.15) is 6.04 Å². The van der Waals surface area contributed by atoms with Crippen LogP contribution in [0.15, 0.2) is 97.2 Å². The maximum Gasteiger partial charge on any atom is 0.264 e. The van der Waals surface area contributed by atoms with Gasteiger partial charge in [-0.15, -0.1) is 0 Å². The van der Waals surface area contributed by atoms with Gasteiger partial charge in [0, 0.05) is 47.9 Å². The van der Waals surface area contributed by atoms with Crippen LogP contribution in [0.5, 0.6) is 0 Å². The molecule has 1 unspecified atom stereocenters. The minimum absolute atomic E-state index is 0.0230. The van der Waals surface area contributed by atoms with Crippen molar-refractivity contribution < 1.29 is 33.6 Å². The zero-order chi connectivity index (χ0) is 40.1. The maximum absolute atomic E-state index is 13.3. The van der Waals surface area contributed by atoms with Gasteiger partial charge in [-0.05, 0) is 78.9 Å². The molecule has 288 valence electrons. The van der Waals surface area contributed by atoms with Gasteiger partial charge in [0.05, 0.1) is 34.4 Å². The average molecular weight is 766 g/mol. The van der Waals surface area contributed by atoms with E-state index in [9.17, 15) is 33.6 Å². The summed E-state index contributed by atoms with van der Waals surface area (Å²) in [6, 6.07) is 26.0. The number of nitrogens with zero attached hydrogens (tertiary/aromatic N) is 2. The highest BCUT2D eigenvalue weighted by Gasteiger charge is 2.45. The number of pyridine rings is 1. The Morgan fingerprint density at radius 2 is 1.61 bits per heavy atom. The normalized spacial score (nSPS) is 14.9. The van der Waals surface area contributed by atoms with Crippen LogP contribution >= 0.6 is 0 Å². The number of hydrogen-bond donors (Lipinski definition) is 5. The zero-order valence-electron chi connectivity index (χ0n) is 30.8. The fraction of sp³-hybridized carbons (Fsp3) is 0.209. The minimum Gasteiger partial charge on any atom is -0.377 e. The van der Waals surface area contributed by atoms with E-state index in [1.54, 1.807) is 24.3 Å². The highest BCUT2D eigenvalue weighted by Crippen LogP contribution is 2.34. The van der Waals surface area contributed by atoms with Gasteiger partial charge < -0.3 is 21.7 Å². The van der Waals surface area contributed by atoms with Crippen molar-refractivity contribution in [3.8, 4) is 11.1 Å². The van der Waals surface area contributed by atoms with Crippen molar-refractivity contribution in [2.75, 3.05) is 23.7 Å². The van der Waals surface area contributed by atoms with E-state index in [1.165, 1.54) is 12.3 Å². The lowest BCUT2D eigenvalue weighted by atomic mass is 9.99. The summed E-state index contributed by atoms with van der Waals surface area (Å²) in [5, 5.41) is 12.1. The molecule has 4 aromatic carbocycles. The quantitative estimate of drug-likeness (QED) is 0.0702. The highest BCUT2D eigenvalue weighted by molar-refractivity contribution is 6.25. The lowest BCUT2D eigenvalue weighted by Gasteiger charge is -2.27. The molecule has 0 spiro atoms. The standard InChI is InChI=1S/C43H39N7O7/c44-39(53)32-24-47-33-18-17-27(22-31(33)38(32)48-28-8-3-1-4-9-28)25-13-15-26(16-14-25)40(54)45-21-6-2-5-10-29(51)23-46-34-12-7-11-30-37(34)43(57)50(42(30)56)35-19-20-36(52)49-41(35)55/h1,3-4,7-9,11-18,22,24,35,46H,2,5-6,10,19-21,23H2,(H2,44,53)(H,45,54)(H,47,48)(H,49,52,55). The number of carbonyl (C=O) groups is 7. The number of carbonyl (C=O) groups excluding carboxylic acids is 7. The first-order valence-corrected chi connectivity index (χ1v) is 18.6. The Balaban J connectivity index is 0.873. The monoisotopic (exact) mass is 765 g/mol. The fourth-order valence-electron chi connectivity index (χ4n) is 7.05. The lowest BCUT2D eigenvalue weighted by Crippen LogP contribution is -2.54. The van der Waals surface area contributed by atoms with Gasteiger partial charge in [0.25, 0.3) is 23.6 Å². The highest BCUT2D eigenvalue weighted by atomic mass is 16.2. The molecule has 14 heteroatoms. The molecule has 0 saturated carbocycles. The molecule has 0 radical (unpaired) electrons. The Bertz CT molecular complexity index is 2430. The smallest absolute Gasteiger partial charge is 0.264 e. The summed E-state index contributed by atoms with van der Waals surface area (Å²) in [5.41, 5.74) is 10.8. The molecule has 1 fully saturated rings. The van der Waals surface area contributed by atoms with Crippen LogP contribution < -0.4 is 27.0 Å². The number of hydrogen-bond acceptors (Lipinski definition) is 10. The first-order valence-electron chi connectivity index (χ1n) is 18.6. The Morgan fingerprint density at radius 3 is 2.37 bits per heavy atom. The van der Waals surface area contributed by atoms with E-state index in [1.807, 2.05) is 60.7 Å². The molecule has 0 bridgehead atoms. The van der Waals surface area contributed by atoms with Crippen LogP contribution in [0.4, 0.5) is 17.1 Å². The topological polar surface area (TPSA) is 210 Å². The molecule has 2 aliphatic rings. The van der Waals surface area contributed by atoms with Gasteiger partial charge in [-0.25, -0.2) is 0 Å². The number of nitrogens with two attached hydrogens (primary N) is 1. The summed E-state index contributed by atoms with van der Waals surface area (Å²) in [4.78, 5) is 93.5. The number of piperidine rings is 1. The van der Waals surface area contributed by atoms with Gasteiger partial charge in [0.2, 0.25) is 11.8 Å². The second kappa shape index (κ2) is 16.7. The molecule has 0 aliphatic carbocycles. The Morgan fingerprint density at radius 1 is 0.842 bits per heavy atom. The van der Waals surface area contributed by atoms with Crippen molar-refractivity contribution in [3.05, 3.63) is 119 Å². The number of aromatic nitrogens is 1. The molecule has 7 rings (SSSR count). The summed E-state index contributed by atoms with van der Waals surface area (Å²) < 4.78 is 0. The number of benzene rings is 4. The van der Waals surface area contributed by atoms with Crippen LogP contribution in [0.25, 0.3) is 22.0 Å². The molecule has 1 saturated heterocycles. The van der Waals surface area contributed by atoms with E-state index in [2.05, 4.69) is 26.3 Å². The minimum atomic E-state index is -1.08. The second-order valence-electron chi connectivity index (χ2n) is 13.8. The number of primary amides is 1. The summed E-state index contributed by atoms with van der Waals surface area (Å²) in [6.07, 6.45) is 3.80. The van der Waals surface area contributed by atoms with Crippen molar-refractivity contribution in [2.45, 2.75) is 44.6 Å². The predicted octanol–water partition coefficient (Wildman–Crippen LogP) is 5.12. The molecular weight excluding hydrogens is 727 g/mol. The molecule has 5 aromatic rings. The maximum atomic E-state index is 13.3. The van der Waals surface area contributed by atoms with Crippen LogP contribution in [-0.2, 0) is 14.4 Å². The van der Waals surface area contributed by atoms with Crippen molar-refractivity contribution in [3.63, 3.8) is 0 Å². The lowest BCUT2D eigenvalue weighted by molar-refractivity contribution is -0.136. The molecule has 3 heterocycles. The number of unbranched alkanes of at least 4 members (excludes halogenated alkanes) is 2. The number of rotatable bonds is 15. The number of fused-ring (bicyclic) bond motifs is 2. The van der Waals surface area contributed by atoms with Crippen LogP contribution in [0.1, 0.15) is 80.0 Å². The first kappa shape index (κ1) is 38.1. The molecule has 1 atom stereocenters. The number of imide groups is 2. The summed E-state index contributed by atoms with van der Waals surface area (Å²) >= 11 is 0. The van der Waals surface area contributed by atoms with E-state index in [4.69, 9.17) is 5.73 Å².